The van der Waals surface area contributed by atoms with Crippen LogP contribution in [0.15, 0.2) is 28.0 Å². The van der Waals surface area contributed by atoms with Crippen LogP contribution in [0.3, 0.4) is 0 Å². The highest BCUT2D eigenvalue weighted by Gasteiger charge is 2.13. The fraction of sp³-hybridized carbons (Fsp3) is 0.333. The van der Waals surface area contributed by atoms with Crippen molar-refractivity contribution in [2.24, 2.45) is 0 Å². The first-order valence-corrected chi connectivity index (χ1v) is 7.63. The molecule has 0 aliphatic heterocycles. The Kier molecular flexibility index (Phi) is 5.16. The Labute approximate surface area is 127 Å². The molecule has 2 rings (SSSR count). The molecule has 0 aliphatic rings. The number of thiophene rings is 1. The summed E-state index contributed by atoms with van der Waals surface area (Å²) in [5, 5.41) is 2.02. The van der Waals surface area contributed by atoms with Crippen LogP contribution in [0.2, 0.25) is 0 Å². The van der Waals surface area contributed by atoms with Gasteiger partial charge >= 0.3 is 0 Å². The van der Waals surface area contributed by atoms with Crippen LogP contribution in [0.5, 0.6) is 0 Å². The molecule has 0 saturated carbocycles. The van der Waals surface area contributed by atoms with Gasteiger partial charge in [0, 0.05) is 11.3 Å². The standard InChI is InChI=1S/C15H18N2O3S/c1-10-9-13(11(2)20-10)15(19)17-16-14(18)7-3-5-12-6-4-8-21-12/h4,6,8-9H,3,5,7H2,1-2H3,(H,16,18)(H,17,19). The Balaban J connectivity index is 1.71. The van der Waals surface area contributed by atoms with Gasteiger partial charge in [-0.15, -0.1) is 11.3 Å². The number of hydrogen-bond acceptors (Lipinski definition) is 4. The van der Waals surface area contributed by atoms with Gasteiger partial charge in [0.2, 0.25) is 5.91 Å². The summed E-state index contributed by atoms with van der Waals surface area (Å²) >= 11 is 1.68. The van der Waals surface area contributed by atoms with E-state index in [0.29, 0.717) is 23.5 Å². The van der Waals surface area contributed by atoms with E-state index < -0.39 is 0 Å². The molecule has 6 heteroatoms. The van der Waals surface area contributed by atoms with E-state index in [0.717, 1.165) is 12.8 Å². The highest BCUT2D eigenvalue weighted by Crippen LogP contribution is 2.13. The smallest absolute Gasteiger partial charge is 0.273 e. The molecule has 2 N–H and O–H groups in total. The van der Waals surface area contributed by atoms with E-state index in [1.54, 1.807) is 31.3 Å². The zero-order valence-electron chi connectivity index (χ0n) is 12.1. The maximum Gasteiger partial charge on any atom is 0.273 e. The van der Waals surface area contributed by atoms with Crippen molar-refractivity contribution in [3.8, 4) is 0 Å². The lowest BCUT2D eigenvalue weighted by atomic mass is 10.2. The molecular formula is C15H18N2O3S. The van der Waals surface area contributed by atoms with Gasteiger partial charge in [0.1, 0.15) is 11.5 Å². The summed E-state index contributed by atoms with van der Waals surface area (Å²) in [4.78, 5) is 24.8. The number of nitrogens with one attached hydrogen (secondary N) is 2. The first-order chi connectivity index (χ1) is 10.1. The SMILES string of the molecule is Cc1cc(C(=O)NNC(=O)CCCc2cccs2)c(C)o1. The summed E-state index contributed by atoms with van der Waals surface area (Å²) in [7, 11) is 0. The first-order valence-electron chi connectivity index (χ1n) is 6.75. The van der Waals surface area contributed by atoms with Crippen LogP contribution in [0.25, 0.3) is 0 Å². The number of hydrogen-bond donors (Lipinski definition) is 2. The van der Waals surface area contributed by atoms with E-state index in [2.05, 4.69) is 10.9 Å². The summed E-state index contributed by atoms with van der Waals surface area (Å²) in [6.45, 7) is 3.48. The molecule has 0 aliphatic carbocycles. The molecule has 0 unspecified atom stereocenters. The van der Waals surface area contributed by atoms with Gasteiger partial charge in [-0.25, -0.2) is 0 Å². The monoisotopic (exact) mass is 306 g/mol. The van der Waals surface area contributed by atoms with Crippen molar-refractivity contribution in [1.82, 2.24) is 10.9 Å². The Bertz CT molecular complexity index is 617. The van der Waals surface area contributed by atoms with Gasteiger partial charge < -0.3 is 4.42 Å². The number of aryl methyl sites for hydroxylation is 3. The second-order valence-electron chi connectivity index (χ2n) is 4.76. The zero-order valence-corrected chi connectivity index (χ0v) is 12.9. The molecule has 0 aromatic carbocycles. The van der Waals surface area contributed by atoms with Crippen molar-refractivity contribution in [1.29, 1.82) is 0 Å². The number of amides is 2. The molecule has 2 aromatic heterocycles. The van der Waals surface area contributed by atoms with Gasteiger partial charge in [-0.2, -0.15) is 0 Å². The third-order valence-electron chi connectivity index (χ3n) is 3.01. The molecule has 0 atom stereocenters. The van der Waals surface area contributed by atoms with Gasteiger partial charge in [0.25, 0.3) is 5.91 Å². The van der Waals surface area contributed by atoms with Gasteiger partial charge in [0.15, 0.2) is 0 Å². The van der Waals surface area contributed by atoms with Gasteiger partial charge in [0.05, 0.1) is 5.56 Å². The Morgan fingerprint density at radius 1 is 1.29 bits per heavy atom. The summed E-state index contributed by atoms with van der Waals surface area (Å²) in [6.07, 6.45) is 2.01. The molecule has 2 amide bonds. The average molecular weight is 306 g/mol. The molecule has 0 bridgehead atoms. The van der Waals surface area contributed by atoms with Crippen LogP contribution in [-0.2, 0) is 11.2 Å². The predicted octanol–water partition coefficient (Wildman–Crippen LogP) is 2.74. The summed E-state index contributed by atoms with van der Waals surface area (Å²) in [5.41, 5.74) is 5.26. The van der Waals surface area contributed by atoms with Crippen LogP contribution < -0.4 is 10.9 Å². The van der Waals surface area contributed by atoms with Crippen molar-refractivity contribution in [3.63, 3.8) is 0 Å². The normalized spacial score (nSPS) is 10.4. The van der Waals surface area contributed by atoms with Crippen molar-refractivity contribution in [2.45, 2.75) is 33.1 Å². The van der Waals surface area contributed by atoms with E-state index in [9.17, 15) is 9.59 Å². The third-order valence-corrected chi connectivity index (χ3v) is 3.94. The Morgan fingerprint density at radius 3 is 2.71 bits per heavy atom. The van der Waals surface area contributed by atoms with Crippen LogP contribution >= 0.6 is 11.3 Å². The maximum absolute atomic E-state index is 11.9. The minimum absolute atomic E-state index is 0.197. The largest absolute Gasteiger partial charge is 0.466 e. The quantitative estimate of drug-likeness (QED) is 0.834. The van der Waals surface area contributed by atoms with Gasteiger partial charge in [-0.1, -0.05) is 6.07 Å². The summed E-state index contributed by atoms with van der Waals surface area (Å²) in [5.74, 6) is 0.644. The Hall–Kier alpha value is -2.08. The third kappa shape index (κ3) is 4.46. The van der Waals surface area contributed by atoms with Gasteiger partial charge in [-0.05, 0) is 44.2 Å². The number of hydrazine groups is 1. The fourth-order valence-corrected chi connectivity index (χ4v) is 2.74. The second kappa shape index (κ2) is 7.08. The van der Waals surface area contributed by atoms with Crippen molar-refractivity contribution in [2.75, 3.05) is 0 Å². The van der Waals surface area contributed by atoms with E-state index >= 15 is 0 Å². The summed E-state index contributed by atoms with van der Waals surface area (Å²) in [6, 6.07) is 5.69. The van der Waals surface area contributed by atoms with E-state index in [1.165, 1.54) is 4.88 Å². The van der Waals surface area contributed by atoms with Crippen molar-refractivity contribution < 1.29 is 14.0 Å². The highest BCUT2D eigenvalue weighted by molar-refractivity contribution is 7.09. The zero-order chi connectivity index (χ0) is 15.2. The van der Waals surface area contributed by atoms with Gasteiger partial charge in [-0.3, -0.25) is 20.4 Å². The fourth-order valence-electron chi connectivity index (χ4n) is 1.99. The lowest BCUT2D eigenvalue weighted by molar-refractivity contribution is -0.121. The van der Waals surface area contributed by atoms with Crippen LogP contribution in [0, 0.1) is 13.8 Å². The predicted molar refractivity (Wildman–Crippen MR) is 81.0 cm³/mol. The number of carbonyl (C=O) groups excluding carboxylic acids is 2. The van der Waals surface area contributed by atoms with E-state index in [4.69, 9.17) is 4.42 Å². The molecule has 2 aromatic rings. The molecule has 112 valence electrons. The van der Waals surface area contributed by atoms with Crippen LogP contribution in [0.1, 0.15) is 39.6 Å². The molecule has 0 saturated heterocycles. The minimum Gasteiger partial charge on any atom is -0.466 e. The topological polar surface area (TPSA) is 71.3 Å². The van der Waals surface area contributed by atoms with Crippen molar-refractivity contribution >= 4 is 23.2 Å². The molecular weight excluding hydrogens is 288 g/mol. The molecule has 0 fully saturated rings. The molecule has 0 spiro atoms. The Morgan fingerprint density at radius 2 is 2.10 bits per heavy atom. The van der Waals surface area contributed by atoms with Crippen LogP contribution in [0.4, 0.5) is 0 Å². The summed E-state index contributed by atoms with van der Waals surface area (Å²) < 4.78 is 5.28. The first kappa shape index (κ1) is 15.3. The number of furan rings is 1. The average Bonchev–Trinajstić information content (AvgIpc) is 3.06. The molecule has 2 heterocycles. The molecule has 0 radical (unpaired) electrons. The minimum atomic E-state index is -0.365. The maximum atomic E-state index is 11.9. The molecule has 5 nitrogen and oxygen atoms in total. The van der Waals surface area contributed by atoms with E-state index in [-0.39, 0.29) is 11.8 Å². The lowest BCUT2D eigenvalue weighted by Gasteiger charge is -2.06. The molecule has 21 heavy (non-hydrogen) atoms. The lowest BCUT2D eigenvalue weighted by Crippen LogP contribution is -2.41. The number of carbonyl (C=O) groups is 2. The highest BCUT2D eigenvalue weighted by atomic mass is 32.1. The second-order valence-corrected chi connectivity index (χ2v) is 5.79. The van der Waals surface area contributed by atoms with Crippen LogP contribution in [-0.4, -0.2) is 11.8 Å². The number of rotatable bonds is 5. The van der Waals surface area contributed by atoms with E-state index in [1.807, 2.05) is 17.5 Å². The van der Waals surface area contributed by atoms with Crippen molar-refractivity contribution in [3.05, 3.63) is 45.5 Å².